The second-order valence-electron chi connectivity index (χ2n) is 7.64. The van der Waals surface area contributed by atoms with E-state index >= 15 is 0 Å². The molecule has 0 radical (unpaired) electrons. The van der Waals surface area contributed by atoms with Crippen LogP contribution in [0.4, 0.5) is 5.00 Å². The normalized spacial score (nSPS) is 22.1. The van der Waals surface area contributed by atoms with Gasteiger partial charge in [0, 0.05) is 50.6 Å². The third-order valence-corrected chi connectivity index (χ3v) is 7.04. The number of anilines is 1. The van der Waals surface area contributed by atoms with Gasteiger partial charge in [-0.1, -0.05) is 0 Å². The summed E-state index contributed by atoms with van der Waals surface area (Å²) in [6.07, 6.45) is 5.00. The molecule has 1 atom stereocenters. The quantitative estimate of drug-likeness (QED) is 0.811. The predicted molar refractivity (Wildman–Crippen MR) is 106 cm³/mol. The molecule has 2 amide bonds. The minimum Gasteiger partial charge on any atom is -0.368 e. The van der Waals surface area contributed by atoms with Crippen molar-refractivity contribution in [3.63, 3.8) is 0 Å². The van der Waals surface area contributed by atoms with E-state index in [1.807, 2.05) is 4.90 Å². The van der Waals surface area contributed by atoms with Crippen LogP contribution in [0.15, 0.2) is 0 Å². The molecule has 1 aromatic heterocycles. The number of aryl methyl sites for hydroxylation is 1. The summed E-state index contributed by atoms with van der Waals surface area (Å²) in [5.74, 6) is 0.0685. The zero-order valence-electron chi connectivity index (χ0n) is 16.0. The van der Waals surface area contributed by atoms with Crippen molar-refractivity contribution in [2.75, 3.05) is 44.6 Å². The maximum atomic E-state index is 12.4. The molecule has 7 nitrogen and oxygen atoms in total. The largest absolute Gasteiger partial charge is 0.368 e. The molecule has 1 unspecified atom stereocenters. The number of piperazine rings is 1. The zero-order chi connectivity index (χ0) is 19.5. The minimum atomic E-state index is -0.251. The number of carbonyl (C=O) groups is 2. The molecule has 1 aliphatic carbocycles. The standard InChI is InChI=1S/C20H26N4O3S/c21-13-15-14-3-1-5-17(14)28-19(15)22-18(25)6-7-23-8-10-24(11-9-23)20(26)16-4-2-12-27-16/h16H,1-12H2,(H,22,25). The van der Waals surface area contributed by atoms with E-state index in [4.69, 9.17) is 4.74 Å². The molecule has 0 aromatic carbocycles. The molecule has 4 rings (SSSR count). The van der Waals surface area contributed by atoms with Crippen LogP contribution in [0.1, 0.15) is 41.7 Å². The fraction of sp³-hybridized carbons (Fsp3) is 0.650. The average molecular weight is 403 g/mol. The molecule has 0 spiro atoms. The van der Waals surface area contributed by atoms with Crippen LogP contribution in [-0.2, 0) is 27.2 Å². The second kappa shape index (κ2) is 8.60. The molecule has 1 aromatic rings. The van der Waals surface area contributed by atoms with Crippen molar-refractivity contribution in [1.29, 1.82) is 5.26 Å². The van der Waals surface area contributed by atoms with E-state index in [0.717, 1.165) is 50.8 Å². The van der Waals surface area contributed by atoms with Crippen LogP contribution in [-0.4, -0.2) is 67.0 Å². The Morgan fingerprint density at radius 1 is 1.21 bits per heavy atom. The van der Waals surface area contributed by atoms with Gasteiger partial charge in [0.2, 0.25) is 5.91 Å². The van der Waals surface area contributed by atoms with E-state index in [1.54, 1.807) is 11.3 Å². The highest BCUT2D eigenvalue weighted by Gasteiger charge is 2.30. The molecule has 2 aliphatic heterocycles. The zero-order valence-corrected chi connectivity index (χ0v) is 16.9. The number of hydrogen-bond donors (Lipinski definition) is 1. The second-order valence-corrected chi connectivity index (χ2v) is 8.75. The summed E-state index contributed by atoms with van der Waals surface area (Å²) in [5, 5.41) is 13.1. The average Bonchev–Trinajstić information content (AvgIpc) is 3.44. The molecule has 0 bridgehead atoms. The van der Waals surface area contributed by atoms with Crippen molar-refractivity contribution in [2.24, 2.45) is 0 Å². The lowest BCUT2D eigenvalue weighted by atomic mass is 10.1. The van der Waals surface area contributed by atoms with Crippen LogP contribution in [0.5, 0.6) is 0 Å². The summed E-state index contributed by atoms with van der Waals surface area (Å²) in [6, 6.07) is 2.26. The molecule has 3 aliphatic rings. The van der Waals surface area contributed by atoms with Crippen molar-refractivity contribution in [3.8, 4) is 6.07 Å². The molecule has 150 valence electrons. The lowest BCUT2D eigenvalue weighted by Crippen LogP contribution is -2.51. The van der Waals surface area contributed by atoms with Gasteiger partial charge in [0.25, 0.3) is 5.91 Å². The maximum absolute atomic E-state index is 12.4. The first kappa shape index (κ1) is 19.4. The van der Waals surface area contributed by atoms with Gasteiger partial charge in [0.1, 0.15) is 17.2 Å². The molecular weight excluding hydrogens is 376 g/mol. The Bertz CT molecular complexity index is 786. The molecule has 3 heterocycles. The first-order valence-electron chi connectivity index (χ1n) is 10.1. The Morgan fingerprint density at radius 2 is 2.04 bits per heavy atom. The van der Waals surface area contributed by atoms with Crippen LogP contribution in [0.3, 0.4) is 0 Å². The fourth-order valence-electron chi connectivity index (χ4n) is 4.23. The number of carbonyl (C=O) groups excluding carboxylic acids is 2. The van der Waals surface area contributed by atoms with E-state index in [2.05, 4.69) is 16.3 Å². The van der Waals surface area contributed by atoms with Crippen LogP contribution < -0.4 is 5.32 Å². The van der Waals surface area contributed by atoms with Gasteiger partial charge in [0.05, 0.1) is 5.56 Å². The first-order chi connectivity index (χ1) is 13.7. The molecule has 2 fully saturated rings. The van der Waals surface area contributed by atoms with Gasteiger partial charge >= 0.3 is 0 Å². The van der Waals surface area contributed by atoms with Gasteiger partial charge in [-0.2, -0.15) is 5.26 Å². The first-order valence-corrected chi connectivity index (χ1v) is 10.9. The number of thiophene rings is 1. The summed E-state index contributed by atoms with van der Waals surface area (Å²) < 4.78 is 5.49. The van der Waals surface area contributed by atoms with Crippen LogP contribution in [0.25, 0.3) is 0 Å². The Morgan fingerprint density at radius 3 is 2.75 bits per heavy atom. The highest BCUT2D eigenvalue weighted by molar-refractivity contribution is 7.16. The number of ether oxygens (including phenoxy) is 1. The Hall–Kier alpha value is -1.95. The van der Waals surface area contributed by atoms with Gasteiger partial charge in [-0.15, -0.1) is 11.3 Å². The molecular formula is C20H26N4O3S. The van der Waals surface area contributed by atoms with Crippen molar-refractivity contribution < 1.29 is 14.3 Å². The van der Waals surface area contributed by atoms with E-state index in [-0.39, 0.29) is 17.9 Å². The van der Waals surface area contributed by atoms with Gasteiger partial charge in [-0.05, 0) is 37.7 Å². The Balaban J connectivity index is 1.22. The van der Waals surface area contributed by atoms with Gasteiger partial charge in [-0.3, -0.25) is 14.5 Å². The van der Waals surface area contributed by atoms with Crippen LogP contribution in [0.2, 0.25) is 0 Å². The van der Waals surface area contributed by atoms with Gasteiger partial charge in [0.15, 0.2) is 0 Å². The third-order valence-electron chi connectivity index (χ3n) is 5.83. The smallest absolute Gasteiger partial charge is 0.251 e. The number of nitrogens with zero attached hydrogens (tertiary/aromatic N) is 3. The number of rotatable bonds is 5. The lowest BCUT2D eigenvalue weighted by Gasteiger charge is -2.35. The van der Waals surface area contributed by atoms with E-state index in [0.29, 0.717) is 43.2 Å². The number of nitriles is 1. The minimum absolute atomic E-state index is 0.0470. The molecule has 2 saturated heterocycles. The predicted octanol–water partition coefficient (Wildman–Crippen LogP) is 1.76. The van der Waals surface area contributed by atoms with E-state index in [9.17, 15) is 14.9 Å². The van der Waals surface area contributed by atoms with Crippen molar-refractivity contribution >= 4 is 28.2 Å². The highest BCUT2D eigenvalue weighted by Crippen LogP contribution is 2.38. The number of amides is 2. The van der Waals surface area contributed by atoms with E-state index in [1.165, 1.54) is 4.88 Å². The lowest BCUT2D eigenvalue weighted by molar-refractivity contribution is -0.142. The Labute approximate surface area is 169 Å². The summed E-state index contributed by atoms with van der Waals surface area (Å²) in [5.41, 5.74) is 1.79. The highest BCUT2D eigenvalue weighted by atomic mass is 32.1. The molecule has 8 heteroatoms. The topological polar surface area (TPSA) is 85.7 Å². The molecule has 28 heavy (non-hydrogen) atoms. The van der Waals surface area contributed by atoms with Crippen molar-refractivity contribution in [2.45, 2.75) is 44.6 Å². The number of fused-ring (bicyclic) bond motifs is 1. The number of nitrogens with one attached hydrogen (secondary N) is 1. The summed E-state index contributed by atoms with van der Waals surface area (Å²) in [6.45, 7) is 4.30. The van der Waals surface area contributed by atoms with Crippen LogP contribution in [0, 0.1) is 11.3 Å². The third kappa shape index (κ3) is 4.07. The Kier molecular flexibility index (Phi) is 5.95. The summed E-state index contributed by atoms with van der Waals surface area (Å²) in [7, 11) is 0. The SMILES string of the molecule is N#Cc1c(NC(=O)CCN2CCN(C(=O)C3CCCO3)CC2)sc2c1CCC2. The molecule has 0 saturated carbocycles. The van der Waals surface area contributed by atoms with E-state index < -0.39 is 0 Å². The monoisotopic (exact) mass is 402 g/mol. The molecule has 1 N–H and O–H groups in total. The maximum Gasteiger partial charge on any atom is 0.251 e. The van der Waals surface area contributed by atoms with Crippen molar-refractivity contribution in [1.82, 2.24) is 9.80 Å². The number of hydrogen-bond acceptors (Lipinski definition) is 6. The summed E-state index contributed by atoms with van der Waals surface area (Å²) >= 11 is 1.55. The van der Waals surface area contributed by atoms with Gasteiger partial charge in [-0.25, -0.2) is 0 Å². The summed E-state index contributed by atoms with van der Waals surface area (Å²) in [4.78, 5) is 30.1. The fourth-order valence-corrected chi connectivity index (χ4v) is 5.48. The van der Waals surface area contributed by atoms with Gasteiger partial charge < -0.3 is 15.0 Å². The van der Waals surface area contributed by atoms with Crippen molar-refractivity contribution in [3.05, 3.63) is 16.0 Å². The van der Waals surface area contributed by atoms with Crippen LogP contribution >= 0.6 is 11.3 Å².